The van der Waals surface area contributed by atoms with Crippen LogP contribution in [0.3, 0.4) is 0 Å². The van der Waals surface area contributed by atoms with E-state index in [0.29, 0.717) is 22.8 Å². The topological polar surface area (TPSA) is 61.8 Å². The third kappa shape index (κ3) is 3.55. The summed E-state index contributed by atoms with van der Waals surface area (Å²) in [5, 5.41) is 11.0. The van der Waals surface area contributed by atoms with Crippen LogP contribution in [-0.2, 0) is 9.59 Å². The molecule has 5 nitrogen and oxygen atoms in total. The average Bonchev–Trinajstić information content (AvgIpc) is 2.69. The fraction of sp³-hybridized carbons (Fsp3) is 0.0952. The Labute approximate surface area is 161 Å². The van der Waals surface area contributed by atoms with Crippen LogP contribution >= 0.6 is 11.6 Å². The van der Waals surface area contributed by atoms with Crippen LogP contribution in [0.15, 0.2) is 71.8 Å². The lowest BCUT2D eigenvalue weighted by molar-refractivity contribution is -0.118. The number of anilines is 2. The van der Waals surface area contributed by atoms with E-state index < -0.39 is 0 Å². The van der Waals surface area contributed by atoms with E-state index in [1.54, 1.807) is 24.3 Å². The van der Waals surface area contributed by atoms with E-state index in [-0.39, 0.29) is 18.2 Å². The second-order valence-electron chi connectivity index (χ2n) is 6.21. The van der Waals surface area contributed by atoms with Gasteiger partial charge in [-0.05, 0) is 35.7 Å². The lowest BCUT2D eigenvalue weighted by Gasteiger charge is -2.23. The van der Waals surface area contributed by atoms with Gasteiger partial charge in [0.15, 0.2) is 0 Å². The van der Waals surface area contributed by atoms with Crippen LogP contribution in [0.25, 0.3) is 10.8 Å². The predicted molar refractivity (Wildman–Crippen MR) is 108 cm³/mol. The molecule has 0 spiro atoms. The zero-order valence-corrected chi connectivity index (χ0v) is 15.1. The van der Waals surface area contributed by atoms with E-state index >= 15 is 0 Å². The fourth-order valence-electron chi connectivity index (χ4n) is 3.03. The predicted octanol–water partition coefficient (Wildman–Crippen LogP) is 4.61. The molecule has 1 N–H and O–H groups in total. The van der Waals surface area contributed by atoms with E-state index in [0.717, 1.165) is 16.5 Å². The molecule has 0 bridgehead atoms. The molecule has 0 unspecified atom stereocenters. The van der Waals surface area contributed by atoms with Gasteiger partial charge in [0.25, 0.3) is 5.91 Å². The standard InChI is InChI=1S/C21H16ClN3O2/c22-15-8-10-16(11-9-15)25-20(26)13-12-19(24-25)21(27)23-18-7-3-5-14-4-1-2-6-17(14)18/h1-11H,12-13H2,(H,23,27). The summed E-state index contributed by atoms with van der Waals surface area (Å²) in [5.74, 6) is -0.461. The number of carbonyl (C=O) groups excluding carboxylic acids is 2. The maximum atomic E-state index is 12.7. The molecule has 0 saturated heterocycles. The van der Waals surface area contributed by atoms with Gasteiger partial charge in [0.2, 0.25) is 5.91 Å². The normalized spacial score (nSPS) is 14.2. The van der Waals surface area contributed by atoms with Crippen molar-refractivity contribution in [2.24, 2.45) is 5.10 Å². The average molecular weight is 378 g/mol. The lowest BCUT2D eigenvalue weighted by Crippen LogP contribution is -2.36. The van der Waals surface area contributed by atoms with Gasteiger partial charge in [-0.15, -0.1) is 0 Å². The Morgan fingerprint density at radius 3 is 2.52 bits per heavy atom. The maximum absolute atomic E-state index is 12.7. The quantitative estimate of drug-likeness (QED) is 0.724. The molecule has 0 aliphatic carbocycles. The molecule has 3 aromatic carbocycles. The van der Waals surface area contributed by atoms with Crippen LogP contribution in [0.1, 0.15) is 12.8 Å². The number of benzene rings is 3. The summed E-state index contributed by atoms with van der Waals surface area (Å²) >= 11 is 5.90. The van der Waals surface area contributed by atoms with Gasteiger partial charge in [-0.3, -0.25) is 9.59 Å². The molecule has 27 heavy (non-hydrogen) atoms. The zero-order chi connectivity index (χ0) is 18.8. The molecule has 2 amide bonds. The Morgan fingerprint density at radius 1 is 0.963 bits per heavy atom. The van der Waals surface area contributed by atoms with Crippen molar-refractivity contribution in [3.05, 3.63) is 71.8 Å². The molecular weight excluding hydrogens is 362 g/mol. The van der Waals surface area contributed by atoms with Gasteiger partial charge in [-0.1, -0.05) is 48.0 Å². The monoisotopic (exact) mass is 377 g/mol. The van der Waals surface area contributed by atoms with Crippen LogP contribution in [-0.4, -0.2) is 17.5 Å². The van der Waals surface area contributed by atoms with Crippen molar-refractivity contribution in [2.45, 2.75) is 12.8 Å². The van der Waals surface area contributed by atoms with Gasteiger partial charge in [0, 0.05) is 28.9 Å². The number of fused-ring (bicyclic) bond motifs is 1. The minimum atomic E-state index is -0.308. The first-order valence-electron chi connectivity index (χ1n) is 8.57. The van der Waals surface area contributed by atoms with E-state index in [9.17, 15) is 9.59 Å². The number of rotatable bonds is 3. The van der Waals surface area contributed by atoms with E-state index in [1.165, 1.54) is 5.01 Å². The summed E-state index contributed by atoms with van der Waals surface area (Å²) in [7, 11) is 0. The van der Waals surface area contributed by atoms with Crippen molar-refractivity contribution >= 4 is 51.3 Å². The molecule has 0 atom stereocenters. The minimum absolute atomic E-state index is 0.154. The van der Waals surface area contributed by atoms with Crippen LogP contribution in [0.4, 0.5) is 11.4 Å². The summed E-state index contributed by atoms with van der Waals surface area (Å²) in [6.07, 6.45) is 0.532. The van der Waals surface area contributed by atoms with Crippen molar-refractivity contribution in [2.75, 3.05) is 10.3 Å². The highest BCUT2D eigenvalue weighted by molar-refractivity contribution is 6.44. The highest BCUT2D eigenvalue weighted by Gasteiger charge is 2.25. The lowest BCUT2D eigenvalue weighted by atomic mass is 10.1. The molecule has 6 heteroatoms. The van der Waals surface area contributed by atoms with Crippen molar-refractivity contribution in [1.29, 1.82) is 0 Å². The van der Waals surface area contributed by atoms with Gasteiger partial charge in [0.05, 0.1) is 5.69 Å². The Kier molecular flexibility index (Phi) is 4.60. The van der Waals surface area contributed by atoms with Crippen LogP contribution in [0.5, 0.6) is 0 Å². The van der Waals surface area contributed by atoms with Gasteiger partial charge in [0.1, 0.15) is 5.71 Å². The number of carbonyl (C=O) groups is 2. The largest absolute Gasteiger partial charge is 0.320 e. The number of hydrazone groups is 1. The Bertz CT molecular complexity index is 1060. The first kappa shape index (κ1) is 17.2. The van der Waals surface area contributed by atoms with E-state index in [4.69, 9.17) is 11.6 Å². The van der Waals surface area contributed by atoms with E-state index in [1.807, 2.05) is 42.5 Å². The van der Waals surface area contributed by atoms with Crippen LogP contribution in [0, 0.1) is 0 Å². The fourth-order valence-corrected chi connectivity index (χ4v) is 3.16. The SMILES string of the molecule is O=C(Nc1cccc2ccccc12)C1=NN(c2ccc(Cl)cc2)C(=O)CC1. The number of amides is 2. The molecule has 1 aliphatic heterocycles. The van der Waals surface area contributed by atoms with Crippen molar-refractivity contribution in [1.82, 2.24) is 0 Å². The van der Waals surface area contributed by atoms with Gasteiger partial charge in [-0.25, -0.2) is 5.01 Å². The van der Waals surface area contributed by atoms with Crippen molar-refractivity contribution < 1.29 is 9.59 Å². The smallest absolute Gasteiger partial charge is 0.271 e. The summed E-state index contributed by atoms with van der Waals surface area (Å²) in [6.45, 7) is 0. The second-order valence-corrected chi connectivity index (χ2v) is 6.65. The summed E-state index contributed by atoms with van der Waals surface area (Å²) in [4.78, 5) is 25.0. The molecule has 0 aromatic heterocycles. The van der Waals surface area contributed by atoms with Crippen molar-refractivity contribution in [3.63, 3.8) is 0 Å². The maximum Gasteiger partial charge on any atom is 0.271 e. The molecule has 1 heterocycles. The number of hydrogen-bond donors (Lipinski definition) is 1. The Balaban J connectivity index is 1.61. The summed E-state index contributed by atoms with van der Waals surface area (Å²) < 4.78 is 0. The molecule has 0 fully saturated rings. The second kappa shape index (κ2) is 7.21. The number of nitrogens with one attached hydrogen (secondary N) is 1. The number of hydrogen-bond acceptors (Lipinski definition) is 3. The molecular formula is C21H16ClN3O2. The van der Waals surface area contributed by atoms with Gasteiger partial charge in [-0.2, -0.15) is 5.10 Å². The third-order valence-electron chi connectivity index (χ3n) is 4.40. The molecule has 3 aromatic rings. The molecule has 4 rings (SSSR count). The Morgan fingerprint density at radius 2 is 1.70 bits per heavy atom. The summed E-state index contributed by atoms with van der Waals surface area (Å²) in [5.41, 5.74) is 1.62. The highest BCUT2D eigenvalue weighted by atomic mass is 35.5. The first-order chi connectivity index (χ1) is 13.1. The van der Waals surface area contributed by atoms with Crippen LogP contribution < -0.4 is 10.3 Å². The summed E-state index contributed by atoms with van der Waals surface area (Å²) in [6, 6.07) is 20.3. The molecule has 1 aliphatic rings. The highest BCUT2D eigenvalue weighted by Crippen LogP contribution is 2.25. The molecule has 0 saturated carbocycles. The van der Waals surface area contributed by atoms with Gasteiger partial charge >= 0.3 is 0 Å². The third-order valence-corrected chi connectivity index (χ3v) is 4.66. The first-order valence-corrected chi connectivity index (χ1v) is 8.95. The number of halogens is 1. The van der Waals surface area contributed by atoms with Crippen molar-refractivity contribution in [3.8, 4) is 0 Å². The van der Waals surface area contributed by atoms with Crippen LogP contribution in [0.2, 0.25) is 5.02 Å². The molecule has 134 valence electrons. The minimum Gasteiger partial charge on any atom is -0.320 e. The molecule has 0 radical (unpaired) electrons. The zero-order valence-electron chi connectivity index (χ0n) is 14.4. The Hall–Kier alpha value is -3.18. The van der Waals surface area contributed by atoms with Gasteiger partial charge < -0.3 is 5.32 Å². The number of nitrogens with zero attached hydrogens (tertiary/aromatic N) is 2. The van der Waals surface area contributed by atoms with E-state index in [2.05, 4.69) is 10.4 Å².